The number of imide groups is 1. The van der Waals surface area contributed by atoms with Gasteiger partial charge in [-0.25, -0.2) is 14.7 Å². The number of rotatable bonds is 2. The number of amides is 3. The zero-order valence-corrected chi connectivity index (χ0v) is 9.53. The van der Waals surface area contributed by atoms with Crippen molar-refractivity contribution in [1.82, 2.24) is 0 Å². The van der Waals surface area contributed by atoms with Crippen molar-refractivity contribution >= 4 is 29.8 Å². The van der Waals surface area contributed by atoms with Crippen LogP contribution in [0, 0.1) is 12.8 Å². The van der Waals surface area contributed by atoms with Gasteiger partial charge in [0.2, 0.25) is 0 Å². The van der Waals surface area contributed by atoms with Crippen molar-refractivity contribution in [2.45, 2.75) is 6.92 Å². The lowest BCUT2D eigenvalue weighted by Gasteiger charge is -2.23. The number of carboxylic acids is 1. The van der Waals surface area contributed by atoms with Crippen molar-refractivity contribution in [1.29, 1.82) is 0 Å². The molecule has 0 spiro atoms. The Labute approximate surface area is 103 Å². The van der Waals surface area contributed by atoms with Crippen molar-refractivity contribution in [2.75, 3.05) is 4.90 Å². The fraction of sp³-hybridized carbons (Fsp3) is 0.167. The summed E-state index contributed by atoms with van der Waals surface area (Å²) >= 11 is 0. The molecule has 6 heteroatoms. The number of hydrogen-bond acceptors (Lipinski definition) is 3. The maximum Gasteiger partial charge on any atom is 0.354 e. The third-order valence-electron chi connectivity index (χ3n) is 2.57. The minimum atomic E-state index is -1.41. The molecule has 1 aliphatic rings. The highest BCUT2D eigenvalue weighted by Crippen LogP contribution is 2.21. The quantitative estimate of drug-likeness (QED) is 0.795. The number of carbonyl (C=O) groups excluding carboxylic acids is 2. The molecular formula is C12H10N2O4. The summed E-state index contributed by atoms with van der Waals surface area (Å²) in [4.78, 5) is 38.5. The number of urea groups is 1. The fourth-order valence-corrected chi connectivity index (χ4v) is 1.59. The summed E-state index contributed by atoms with van der Waals surface area (Å²) in [7, 11) is 0. The zero-order chi connectivity index (χ0) is 13.3. The van der Waals surface area contributed by atoms with Crippen molar-refractivity contribution in [3.05, 3.63) is 29.8 Å². The molecule has 1 unspecified atom stereocenters. The summed E-state index contributed by atoms with van der Waals surface area (Å²) in [5.41, 5.74) is 1.28. The van der Waals surface area contributed by atoms with Crippen LogP contribution >= 0.6 is 0 Å². The number of nitrogens with zero attached hydrogens (tertiary/aromatic N) is 2. The first-order valence-electron chi connectivity index (χ1n) is 5.22. The molecule has 18 heavy (non-hydrogen) atoms. The Morgan fingerprint density at radius 3 is 2.44 bits per heavy atom. The lowest BCUT2D eigenvalue weighted by molar-refractivity contribution is -0.142. The van der Waals surface area contributed by atoms with Gasteiger partial charge in [0.05, 0.1) is 5.69 Å². The number of aliphatic imine (C=N–C) groups is 1. The summed E-state index contributed by atoms with van der Waals surface area (Å²) in [5, 5.41) is 8.85. The van der Waals surface area contributed by atoms with Crippen molar-refractivity contribution in [2.24, 2.45) is 10.9 Å². The van der Waals surface area contributed by atoms with Crippen LogP contribution < -0.4 is 4.90 Å². The summed E-state index contributed by atoms with van der Waals surface area (Å²) in [6.07, 6.45) is 0.859. The fourth-order valence-electron chi connectivity index (χ4n) is 1.59. The first-order chi connectivity index (χ1) is 8.50. The van der Waals surface area contributed by atoms with E-state index in [1.807, 2.05) is 6.92 Å². The lowest BCUT2D eigenvalue weighted by atomic mass is 10.1. The van der Waals surface area contributed by atoms with Crippen LogP contribution in [0.15, 0.2) is 29.3 Å². The van der Waals surface area contributed by atoms with E-state index in [4.69, 9.17) is 5.11 Å². The molecule has 1 N–H and O–H groups in total. The van der Waals surface area contributed by atoms with Gasteiger partial charge < -0.3 is 5.11 Å². The van der Waals surface area contributed by atoms with Crippen LogP contribution in [0.25, 0.3) is 0 Å². The Morgan fingerprint density at radius 1 is 1.28 bits per heavy atom. The normalized spacial score (nSPS) is 19.2. The van der Waals surface area contributed by atoms with Gasteiger partial charge in [-0.3, -0.25) is 9.59 Å². The van der Waals surface area contributed by atoms with Crippen LogP contribution in [0.2, 0.25) is 0 Å². The molecule has 0 fully saturated rings. The van der Waals surface area contributed by atoms with E-state index in [2.05, 4.69) is 4.99 Å². The average molecular weight is 246 g/mol. The van der Waals surface area contributed by atoms with Crippen LogP contribution in [0.1, 0.15) is 5.56 Å². The Hall–Kier alpha value is -2.50. The molecule has 2 rings (SSSR count). The first-order valence-corrected chi connectivity index (χ1v) is 5.22. The van der Waals surface area contributed by atoms with E-state index in [-0.39, 0.29) is 0 Å². The van der Waals surface area contributed by atoms with Crippen LogP contribution in [0.4, 0.5) is 10.5 Å². The Morgan fingerprint density at radius 2 is 1.89 bits per heavy atom. The zero-order valence-electron chi connectivity index (χ0n) is 9.53. The van der Waals surface area contributed by atoms with Crippen molar-refractivity contribution < 1.29 is 19.5 Å². The van der Waals surface area contributed by atoms with Crippen LogP contribution in [-0.4, -0.2) is 29.2 Å². The average Bonchev–Trinajstić information content (AvgIpc) is 2.31. The molecule has 0 aromatic heterocycles. The molecule has 0 saturated carbocycles. The second-order valence-electron chi connectivity index (χ2n) is 3.89. The highest BCUT2D eigenvalue weighted by Gasteiger charge is 2.37. The first kappa shape index (κ1) is 12.0. The minimum absolute atomic E-state index is 0.318. The smallest absolute Gasteiger partial charge is 0.354 e. The number of aryl methyl sites for hydroxylation is 1. The maximum atomic E-state index is 11.9. The van der Waals surface area contributed by atoms with E-state index in [0.29, 0.717) is 5.69 Å². The van der Waals surface area contributed by atoms with E-state index in [1.165, 1.54) is 0 Å². The van der Waals surface area contributed by atoms with Crippen LogP contribution in [-0.2, 0) is 9.59 Å². The van der Waals surface area contributed by atoms with Crippen LogP contribution in [0.5, 0.6) is 0 Å². The summed E-state index contributed by atoms with van der Waals surface area (Å²) in [5.74, 6) is -3.54. The second kappa shape index (κ2) is 4.40. The molecule has 1 aromatic carbocycles. The monoisotopic (exact) mass is 246 g/mol. The molecule has 1 atom stereocenters. The van der Waals surface area contributed by atoms with Gasteiger partial charge in [0.25, 0.3) is 5.91 Å². The van der Waals surface area contributed by atoms with Gasteiger partial charge >= 0.3 is 12.0 Å². The molecule has 0 radical (unpaired) electrons. The van der Waals surface area contributed by atoms with Gasteiger partial charge in [0.15, 0.2) is 5.92 Å². The Bertz CT molecular complexity index is 548. The van der Waals surface area contributed by atoms with Gasteiger partial charge in [-0.1, -0.05) is 17.7 Å². The van der Waals surface area contributed by atoms with Gasteiger partial charge in [0.1, 0.15) is 0 Å². The van der Waals surface area contributed by atoms with Gasteiger partial charge in [-0.2, -0.15) is 0 Å². The predicted octanol–water partition coefficient (Wildman–Crippen LogP) is 1.23. The number of anilines is 1. The molecule has 3 amide bonds. The number of hydrogen-bond donors (Lipinski definition) is 1. The number of carboxylic acid groups (broad SMARTS) is 1. The summed E-state index contributed by atoms with van der Waals surface area (Å²) in [6, 6.07) is 5.82. The Kier molecular flexibility index (Phi) is 2.93. The molecule has 1 aliphatic heterocycles. The molecule has 92 valence electrons. The van der Waals surface area contributed by atoms with E-state index in [0.717, 1.165) is 16.7 Å². The van der Waals surface area contributed by atoms with Gasteiger partial charge in [-0.15, -0.1) is 0 Å². The summed E-state index contributed by atoms with van der Waals surface area (Å²) < 4.78 is 0. The maximum absolute atomic E-state index is 11.9. The predicted molar refractivity (Wildman–Crippen MR) is 63.7 cm³/mol. The molecular weight excluding hydrogens is 236 g/mol. The number of aliphatic carboxylic acids is 1. The lowest BCUT2D eigenvalue weighted by Crippen LogP contribution is -2.46. The largest absolute Gasteiger partial charge is 0.480 e. The topological polar surface area (TPSA) is 87.0 Å². The van der Waals surface area contributed by atoms with Gasteiger partial charge in [-0.05, 0) is 19.1 Å². The SMILES string of the molecule is Cc1ccc(N2C(=O)N=CC(C(=O)O)C2=O)cc1. The third kappa shape index (κ3) is 2.00. The van der Waals surface area contributed by atoms with Crippen LogP contribution in [0.3, 0.4) is 0 Å². The number of carbonyl (C=O) groups is 3. The third-order valence-corrected chi connectivity index (χ3v) is 2.57. The summed E-state index contributed by atoms with van der Waals surface area (Å²) in [6.45, 7) is 1.86. The molecule has 0 aliphatic carbocycles. The van der Waals surface area contributed by atoms with E-state index < -0.39 is 23.8 Å². The standard InChI is InChI=1S/C12H10N2O4/c1-7-2-4-8(5-3-7)14-10(15)9(11(16)17)6-13-12(14)18/h2-6,9H,1H3,(H,16,17). The molecule has 0 bridgehead atoms. The molecule has 1 aromatic rings. The van der Waals surface area contributed by atoms with E-state index in [1.54, 1.807) is 24.3 Å². The highest BCUT2D eigenvalue weighted by molar-refractivity contribution is 6.29. The van der Waals surface area contributed by atoms with Gasteiger partial charge in [0, 0.05) is 6.21 Å². The molecule has 0 saturated heterocycles. The Balaban J connectivity index is 2.40. The highest BCUT2D eigenvalue weighted by atomic mass is 16.4. The van der Waals surface area contributed by atoms with Crippen molar-refractivity contribution in [3.8, 4) is 0 Å². The second-order valence-corrected chi connectivity index (χ2v) is 3.89. The van der Waals surface area contributed by atoms with E-state index in [9.17, 15) is 14.4 Å². The van der Waals surface area contributed by atoms with Crippen molar-refractivity contribution in [3.63, 3.8) is 0 Å². The minimum Gasteiger partial charge on any atom is -0.480 e. The van der Waals surface area contributed by atoms with E-state index >= 15 is 0 Å². The number of benzene rings is 1. The molecule has 6 nitrogen and oxygen atoms in total. The molecule has 1 heterocycles.